The molecule has 0 atom stereocenters. The van der Waals surface area contributed by atoms with Crippen LogP contribution in [-0.2, 0) is 0 Å². The first-order chi connectivity index (χ1) is 5.47. The number of aromatic amines is 1. The van der Waals surface area contributed by atoms with Crippen LogP contribution in [0.2, 0.25) is 0 Å². The Morgan fingerprint density at radius 3 is 2.42 bits per heavy atom. The van der Waals surface area contributed by atoms with Crippen molar-refractivity contribution in [2.45, 2.75) is 0 Å². The van der Waals surface area contributed by atoms with E-state index in [1.807, 2.05) is 30.3 Å². The Morgan fingerprint density at radius 2 is 1.83 bits per heavy atom. The first-order valence-electron chi connectivity index (χ1n) is 3.26. The van der Waals surface area contributed by atoms with Crippen LogP contribution >= 0.6 is 0 Å². The van der Waals surface area contributed by atoms with Crippen molar-refractivity contribution in [2.75, 3.05) is 0 Å². The molecule has 0 amide bonds. The molecule has 1 heterocycles. The van der Waals surface area contributed by atoms with E-state index in [0.717, 1.165) is 5.56 Å². The van der Waals surface area contributed by atoms with Crippen molar-refractivity contribution in [2.24, 2.45) is 0 Å². The minimum absolute atomic E-state index is 0. The first-order valence-corrected chi connectivity index (χ1v) is 3.26. The van der Waals surface area contributed by atoms with E-state index in [1.54, 1.807) is 0 Å². The molecule has 0 saturated heterocycles. The second-order valence-electron chi connectivity index (χ2n) is 2.12. The van der Waals surface area contributed by atoms with Gasteiger partial charge in [0.2, 0.25) is 0 Å². The van der Waals surface area contributed by atoms with Gasteiger partial charge in [-0.1, -0.05) is 30.3 Å². The Labute approximate surface area is 99.4 Å². The molecule has 0 aliphatic carbocycles. The number of H-pyrrole nitrogens is 1. The van der Waals surface area contributed by atoms with Crippen LogP contribution in [0.5, 0.6) is 0 Å². The number of hydrogen-bond donors (Lipinski definition) is 1. The van der Waals surface area contributed by atoms with Crippen molar-refractivity contribution in [3.05, 3.63) is 30.3 Å². The number of hydrogen-bond acceptors (Lipinski definition) is 3. The molecule has 0 bridgehead atoms. The summed E-state index contributed by atoms with van der Waals surface area (Å²) >= 11 is 0. The average molecular weight is 186 g/mol. The second-order valence-corrected chi connectivity index (χ2v) is 2.12. The molecule has 62 valence electrons. The van der Waals surface area contributed by atoms with E-state index in [1.165, 1.54) is 0 Å². The minimum Gasteiger partial charge on any atom is -0.239 e. The van der Waals surface area contributed by atoms with Gasteiger partial charge in [-0.25, -0.2) is 5.10 Å². The van der Waals surface area contributed by atoms with E-state index in [2.05, 4.69) is 20.6 Å². The molecule has 1 aromatic heterocycles. The predicted octanol–water partition coefficient (Wildman–Crippen LogP) is 0.867. The summed E-state index contributed by atoms with van der Waals surface area (Å²) < 4.78 is 0. The summed E-state index contributed by atoms with van der Waals surface area (Å²) in [4.78, 5) is 0. The zero-order valence-corrected chi connectivity index (χ0v) is 6.79. The van der Waals surface area contributed by atoms with Crippen LogP contribution in [0.1, 0.15) is 0 Å². The maximum atomic E-state index is 3.77. The topological polar surface area (TPSA) is 54.5 Å². The van der Waals surface area contributed by atoms with E-state index >= 15 is 0 Å². The maximum absolute atomic E-state index is 3.77. The van der Waals surface area contributed by atoms with Crippen LogP contribution in [0.3, 0.4) is 0 Å². The number of tetrazole rings is 1. The molecule has 0 unspecified atom stereocenters. The van der Waals surface area contributed by atoms with Gasteiger partial charge in [-0.15, -0.1) is 5.10 Å². The molecular formula is C7H6ArN4. The van der Waals surface area contributed by atoms with Gasteiger partial charge >= 0.3 is 0 Å². The van der Waals surface area contributed by atoms with Crippen LogP contribution < -0.4 is 0 Å². The molecule has 4 nitrogen and oxygen atoms in total. The van der Waals surface area contributed by atoms with Gasteiger partial charge in [0, 0.05) is 43.3 Å². The maximum Gasteiger partial charge on any atom is 0.179 e. The van der Waals surface area contributed by atoms with Crippen LogP contribution in [0, 0.1) is 37.7 Å². The zero-order valence-electron chi connectivity index (χ0n) is 6.08. The predicted molar refractivity (Wildman–Crippen MR) is 39.6 cm³/mol. The third-order valence-electron chi connectivity index (χ3n) is 1.39. The summed E-state index contributed by atoms with van der Waals surface area (Å²) in [5.41, 5.74) is 0.998. The summed E-state index contributed by atoms with van der Waals surface area (Å²) in [6.07, 6.45) is 0. The molecule has 0 saturated carbocycles. The summed E-state index contributed by atoms with van der Waals surface area (Å²) in [6.45, 7) is 0. The van der Waals surface area contributed by atoms with Crippen LogP contribution in [0.15, 0.2) is 30.3 Å². The molecule has 0 aliphatic rings. The third-order valence-corrected chi connectivity index (χ3v) is 1.39. The SMILES string of the molecule is [Ar].c1ccc(-c2nnn[nH]2)cc1. The number of nitrogens with zero attached hydrogens (tertiary/aromatic N) is 3. The van der Waals surface area contributed by atoms with E-state index < -0.39 is 0 Å². The summed E-state index contributed by atoms with van der Waals surface area (Å²) in [5, 5.41) is 13.4. The van der Waals surface area contributed by atoms with Gasteiger partial charge in [0.1, 0.15) is 0 Å². The summed E-state index contributed by atoms with van der Waals surface area (Å²) in [7, 11) is 0. The largest absolute Gasteiger partial charge is 0.239 e. The Bertz CT molecular complexity index is 318. The van der Waals surface area contributed by atoms with Gasteiger partial charge in [-0.2, -0.15) is 0 Å². The Hall–Kier alpha value is -0.450. The van der Waals surface area contributed by atoms with E-state index in [0.29, 0.717) is 5.82 Å². The Balaban J connectivity index is 0.000000720. The molecule has 0 radical (unpaired) electrons. The number of nitrogens with one attached hydrogen (secondary N) is 1. The van der Waals surface area contributed by atoms with Crippen molar-refractivity contribution < 1.29 is 37.7 Å². The first kappa shape index (κ1) is 9.64. The van der Waals surface area contributed by atoms with Gasteiger partial charge < -0.3 is 0 Å². The van der Waals surface area contributed by atoms with Crippen LogP contribution in [0.25, 0.3) is 11.4 Å². The average Bonchev–Trinajstić information content (AvgIpc) is 2.58. The Morgan fingerprint density at radius 1 is 1.08 bits per heavy atom. The van der Waals surface area contributed by atoms with Crippen molar-refractivity contribution in [1.29, 1.82) is 0 Å². The monoisotopic (exact) mass is 186 g/mol. The van der Waals surface area contributed by atoms with Gasteiger partial charge in [-0.05, 0) is 10.4 Å². The van der Waals surface area contributed by atoms with E-state index in [-0.39, 0.29) is 37.7 Å². The molecule has 0 fully saturated rings. The minimum atomic E-state index is 0. The molecule has 1 aromatic carbocycles. The van der Waals surface area contributed by atoms with Gasteiger partial charge in [0.15, 0.2) is 5.82 Å². The Kier molecular flexibility index (Phi) is 3.65. The van der Waals surface area contributed by atoms with Crippen molar-refractivity contribution >= 4 is 0 Å². The van der Waals surface area contributed by atoms with Crippen LogP contribution in [0.4, 0.5) is 0 Å². The molecule has 2 rings (SSSR count). The smallest absolute Gasteiger partial charge is 0.179 e. The molecule has 5 heteroatoms. The summed E-state index contributed by atoms with van der Waals surface area (Å²) in [6, 6.07) is 9.73. The second kappa shape index (κ2) is 4.54. The normalized spacial score (nSPS) is 9.00. The molecule has 2 aromatic rings. The number of aromatic nitrogens is 4. The molecule has 1 N–H and O–H groups in total. The number of benzene rings is 1. The van der Waals surface area contributed by atoms with Crippen LogP contribution in [-0.4, -0.2) is 20.6 Å². The van der Waals surface area contributed by atoms with E-state index in [4.69, 9.17) is 0 Å². The van der Waals surface area contributed by atoms with Crippen molar-refractivity contribution in [3.63, 3.8) is 0 Å². The van der Waals surface area contributed by atoms with Gasteiger partial charge in [-0.3, -0.25) is 0 Å². The third kappa shape index (κ3) is 2.03. The quantitative estimate of drug-likeness (QED) is 0.718. The molecule has 0 spiro atoms. The van der Waals surface area contributed by atoms with Crippen molar-refractivity contribution in [3.8, 4) is 11.4 Å². The van der Waals surface area contributed by atoms with Gasteiger partial charge in [0.05, 0.1) is 0 Å². The molecule has 0 aliphatic heterocycles. The zero-order chi connectivity index (χ0) is 7.52. The van der Waals surface area contributed by atoms with Gasteiger partial charge in [0.25, 0.3) is 0 Å². The molecular weight excluding hydrogens is 180 g/mol. The summed E-state index contributed by atoms with van der Waals surface area (Å²) in [5.74, 6) is 0.700. The standard InChI is InChI=1S/C7H6N4.Ar/c1-2-4-6(5-3-1)7-8-10-11-9-7;/h1-5H,(H,8,9,10,11);. The fourth-order valence-corrected chi connectivity index (χ4v) is 0.877. The molecule has 12 heavy (non-hydrogen) atoms. The van der Waals surface area contributed by atoms with E-state index in [9.17, 15) is 0 Å². The fraction of sp³-hybridized carbons (Fsp3) is 0. The van der Waals surface area contributed by atoms with Crippen molar-refractivity contribution in [1.82, 2.24) is 20.6 Å². The number of rotatable bonds is 1. The fourth-order valence-electron chi connectivity index (χ4n) is 0.877.